The largest absolute Gasteiger partial charge is 0.354 e. The standard InChI is InChI=1S/C15H30N6/c1-5-7-8-9-10-13(3)19-15(16-4)17-11-14-20-18-12-21(14)6-2/h12-13H,5-11H2,1-4H3,(H2,16,17,19). The molecule has 2 N–H and O–H groups in total. The molecule has 0 bridgehead atoms. The molecule has 0 aliphatic carbocycles. The molecule has 6 heteroatoms. The van der Waals surface area contributed by atoms with Crippen LogP contribution in [-0.4, -0.2) is 33.8 Å². The van der Waals surface area contributed by atoms with E-state index in [0.29, 0.717) is 12.6 Å². The first-order valence-corrected chi connectivity index (χ1v) is 8.05. The second-order valence-corrected chi connectivity index (χ2v) is 5.35. The first kappa shape index (κ1) is 17.5. The van der Waals surface area contributed by atoms with Crippen molar-refractivity contribution in [3.63, 3.8) is 0 Å². The molecular weight excluding hydrogens is 264 g/mol. The average Bonchev–Trinajstić information content (AvgIpc) is 2.95. The van der Waals surface area contributed by atoms with Gasteiger partial charge in [-0.2, -0.15) is 0 Å². The molecule has 1 aromatic heterocycles. The van der Waals surface area contributed by atoms with Gasteiger partial charge in [0.1, 0.15) is 6.33 Å². The summed E-state index contributed by atoms with van der Waals surface area (Å²) in [5, 5.41) is 14.8. The predicted molar refractivity (Wildman–Crippen MR) is 87.3 cm³/mol. The average molecular weight is 294 g/mol. The Morgan fingerprint density at radius 1 is 1.33 bits per heavy atom. The maximum absolute atomic E-state index is 4.26. The fourth-order valence-electron chi connectivity index (χ4n) is 2.22. The lowest BCUT2D eigenvalue weighted by Crippen LogP contribution is -2.42. The minimum absolute atomic E-state index is 0.428. The van der Waals surface area contributed by atoms with E-state index in [1.807, 2.05) is 4.57 Å². The zero-order chi connectivity index (χ0) is 15.5. The third kappa shape index (κ3) is 6.60. The van der Waals surface area contributed by atoms with Crippen LogP contribution in [0.4, 0.5) is 0 Å². The highest BCUT2D eigenvalue weighted by molar-refractivity contribution is 5.79. The molecule has 0 amide bonds. The second-order valence-electron chi connectivity index (χ2n) is 5.35. The number of unbranched alkanes of at least 4 members (excludes halogenated alkanes) is 3. The molecule has 1 rings (SSSR count). The van der Waals surface area contributed by atoms with E-state index in [1.54, 1.807) is 13.4 Å². The van der Waals surface area contributed by atoms with E-state index in [2.05, 4.69) is 46.6 Å². The van der Waals surface area contributed by atoms with Crippen LogP contribution in [0.15, 0.2) is 11.3 Å². The topological polar surface area (TPSA) is 67.1 Å². The van der Waals surface area contributed by atoms with Crippen LogP contribution < -0.4 is 10.6 Å². The number of guanidine groups is 1. The number of hydrogen-bond donors (Lipinski definition) is 2. The van der Waals surface area contributed by atoms with Gasteiger partial charge in [0.25, 0.3) is 0 Å². The molecule has 0 fully saturated rings. The fraction of sp³-hybridized carbons (Fsp3) is 0.800. The molecule has 0 saturated carbocycles. The number of hydrogen-bond acceptors (Lipinski definition) is 3. The molecule has 0 spiro atoms. The molecule has 1 heterocycles. The van der Waals surface area contributed by atoms with E-state index in [4.69, 9.17) is 0 Å². The van der Waals surface area contributed by atoms with E-state index in [-0.39, 0.29) is 0 Å². The van der Waals surface area contributed by atoms with Crippen LogP contribution in [-0.2, 0) is 13.1 Å². The Morgan fingerprint density at radius 3 is 2.81 bits per heavy atom. The lowest BCUT2D eigenvalue weighted by Gasteiger charge is -2.17. The van der Waals surface area contributed by atoms with Crippen LogP contribution in [0.25, 0.3) is 0 Å². The quantitative estimate of drug-likeness (QED) is 0.417. The summed E-state index contributed by atoms with van der Waals surface area (Å²) < 4.78 is 2.02. The van der Waals surface area contributed by atoms with Gasteiger partial charge in [-0.3, -0.25) is 4.99 Å². The summed E-state index contributed by atoms with van der Waals surface area (Å²) >= 11 is 0. The van der Waals surface area contributed by atoms with Crippen LogP contribution in [0.2, 0.25) is 0 Å². The van der Waals surface area contributed by atoms with Crippen LogP contribution in [0.1, 0.15) is 58.7 Å². The molecule has 1 unspecified atom stereocenters. The molecule has 1 atom stereocenters. The minimum Gasteiger partial charge on any atom is -0.354 e. The highest BCUT2D eigenvalue weighted by Crippen LogP contribution is 2.05. The van der Waals surface area contributed by atoms with Gasteiger partial charge in [-0.05, 0) is 20.3 Å². The maximum Gasteiger partial charge on any atom is 0.191 e. The van der Waals surface area contributed by atoms with Crippen LogP contribution in [0.5, 0.6) is 0 Å². The van der Waals surface area contributed by atoms with Crippen molar-refractivity contribution in [1.82, 2.24) is 25.4 Å². The van der Waals surface area contributed by atoms with Gasteiger partial charge in [0.2, 0.25) is 0 Å². The Kier molecular flexibility index (Phi) is 8.47. The first-order chi connectivity index (χ1) is 10.2. The van der Waals surface area contributed by atoms with Gasteiger partial charge in [-0.25, -0.2) is 0 Å². The van der Waals surface area contributed by atoms with Crippen molar-refractivity contribution in [2.75, 3.05) is 7.05 Å². The van der Waals surface area contributed by atoms with E-state index < -0.39 is 0 Å². The molecule has 0 radical (unpaired) electrons. The number of nitrogens with one attached hydrogen (secondary N) is 2. The smallest absolute Gasteiger partial charge is 0.191 e. The highest BCUT2D eigenvalue weighted by Gasteiger charge is 2.07. The van der Waals surface area contributed by atoms with Crippen LogP contribution in [0, 0.1) is 0 Å². The summed E-state index contributed by atoms with van der Waals surface area (Å²) in [6.07, 6.45) is 8.11. The van der Waals surface area contributed by atoms with E-state index in [9.17, 15) is 0 Å². The van der Waals surface area contributed by atoms with Gasteiger partial charge in [0, 0.05) is 19.6 Å². The first-order valence-electron chi connectivity index (χ1n) is 8.05. The molecule has 0 aromatic carbocycles. The van der Waals surface area contributed by atoms with Gasteiger partial charge in [0.15, 0.2) is 11.8 Å². The summed E-state index contributed by atoms with van der Waals surface area (Å²) in [4.78, 5) is 4.26. The molecule has 120 valence electrons. The molecule has 1 aromatic rings. The van der Waals surface area contributed by atoms with E-state index >= 15 is 0 Å². The van der Waals surface area contributed by atoms with Crippen molar-refractivity contribution < 1.29 is 0 Å². The highest BCUT2D eigenvalue weighted by atomic mass is 15.3. The van der Waals surface area contributed by atoms with Crippen molar-refractivity contribution in [3.8, 4) is 0 Å². The SMILES string of the molecule is CCCCCCC(C)NC(=NC)NCc1nncn1CC. The van der Waals surface area contributed by atoms with Crippen molar-refractivity contribution in [2.24, 2.45) is 4.99 Å². The Balaban J connectivity index is 2.31. The Morgan fingerprint density at radius 2 is 2.14 bits per heavy atom. The van der Waals surface area contributed by atoms with E-state index in [0.717, 1.165) is 18.3 Å². The lowest BCUT2D eigenvalue weighted by molar-refractivity contribution is 0.535. The molecule has 0 saturated heterocycles. The Hall–Kier alpha value is -1.59. The van der Waals surface area contributed by atoms with Gasteiger partial charge in [0.05, 0.1) is 6.54 Å². The van der Waals surface area contributed by atoms with E-state index in [1.165, 1.54) is 32.1 Å². The molecular formula is C15H30N6. The van der Waals surface area contributed by atoms with Crippen LogP contribution >= 0.6 is 0 Å². The number of rotatable bonds is 9. The zero-order valence-electron chi connectivity index (χ0n) is 13.9. The molecule has 0 aliphatic rings. The number of nitrogens with zero attached hydrogens (tertiary/aromatic N) is 4. The lowest BCUT2D eigenvalue weighted by atomic mass is 10.1. The van der Waals surface area contributed by atoms with Gasteiger partial charge in [-0.1, -0.05) is 32.6 Å². The van der Waals surface area contributed by atoms with Crippen molar-refractivity contribution in [1.29, 1.82) is 0 Å². The Bertz CT molecular complexity index is 412. The second kappa shape index (κ2) is 10.2. The third-order valence-corrected chi connectivity index (χ3v) is 3.55. The molecule has 6 nitrogen and oxygen atoms in total. The van der Waals surface area contributed by atoms with Crippen molar-refractivity contribution in [2.45, 2.75) is 72.0 Å². The van der Waals surface area contributed by atoms with Crippen LogP contribution in [0.3, 0.4) is 0 Å². The van der Waals surface area contributed by atoms with Crippen molar-refractivity contribution >= 4 is 5.96 Å². The minimum atomic E-state index is 0.428. The molecule has 21 heavy (non-hydrogen) atoms. The third-order valence-electron chi connectivity index (χ3n) is 3.55. The monoisotopic (exact) mass is 294 g/mol. The normalized spacial score (nSPS) is 13.2. The fourth-order valence-corrected chi connectivity index (χ4v) is 2.22. The Labute approximate surface area is 128 Å². The summed E-state index contributed by atoms with van der Waals surface area (Å²) in [7, 11) is 1.80. The maximum atomic E-state index is 4.26. The summed E-state index contributed by atoms with van der Waals surface area (Å²) in [6, 6.07) is 0.428. The van der Waals surface area contributed by atoms with Gasteiger partial charge in [-0.15, -0.1) is 10.2 Å². The summed E-state index contributed by atoms with van der Waals surface area (Å²) in [5.41, 5.74) is 0. The van der Waals surface area contributed by atoms with Gasteiger partial charge >= 0.3 is 0 Å². The predicted octanol–water partition coefficient (Wildman–Crippen LogP) is 2.32. The van der Waals surface area contributed by atoms with Crippen molar-refractivity contribution in [3.05, 3.63) is 12.2 Å². The molecule has 0 aliphatic heterocycles. The zero-order valence-corrected chi connectivity index (χ0v) is 13.9. The van der Waals surface area contributed by atoms with Gasteiger partial charge < -0.3 is 15.2 Å². The summed E-state index contributed by atoms with van der Waals surface area (Å²) in [6.45, 7) is 8.04. The number of aromatic nitrogens is 3. The summed E-state index contributed by atoms with van der Waals surface area (Å²) in [5.74, 6) is 1.75. The number of aliphatic imine (C=N–C) groups is 1. The number of aryl methyl sites for hydroxylation is 1.